The largest absolute Gasteiger partial charge is 0.416 e. The lowest BCUT2D eigenvalue weighted by molar-refractivity contribution is -0.137. The van der Waals surface area contributed by atoms with E-state index in [0.717, 1.165) is 29.2 Å². The second-order valence-electron chi connectivity index (χ2n) is 7.93. The Morgan fingerprint density at radius 3 is 2.41 bits per heavy atom. The molecule has 0 aliphatic carbocycles. The highest BCUT2D eigenvalue weighted by Crippen LogP contribution is 2.40. The molecule has 2 unspecified atom stereocenters. The van der Waals surface area contributed by atoms with Crippen molar-refractivity contribution < 1.29 is 13.2 Å². The van der Waals surface area contributed by atoms with Gasteiger partial charge in [0.05, 0.1) is 35.6 Å². The molecule has 5 nitrogen and oxygen atoms in total. The molecule has 1 saturated heterocycles. The van der Waals surface area contributed by atoms with Gasteiger partial charge in [-0.3, -0.25) is 9.97 Å². The van der Waals surface area contributed by atoms with Crippen LogP contribution in [0.4, 0.5) is 13.2 Å². The van der Waals surface area contributed by atoms with Crippen LogP contribution in [-0.4, -0.2) is 24.5 Å². The normalized spacial score (nSPS) is 18.2. The molecule has 0 saturated carbocycles. The first-order chi connectivity index (χ1) is 16.4. The average molecular weight is 480 g/mol. The summed E-state index contributed by atoms with van der Waals surface area (Å²) < 4.78 is 41.9. The Bertz CT molecular complexity index is 1290. The van der Waals surface area contributed by atoms with Crippen molar-refractivity contribution in [2.45, 2.75) is 24.8 Å². The van der Waals surface area contributed by atoms with Gasteiger partial charge in [0.15, 0.2) is 5.11 Å². The maximum atomic E-state index is 13.4. The van der Waals surface area contributed by atoms with Gasteiger partial charge in [0.1, 0.15) is 0 Å². The summed E-state index contributed by atoms with van der Waals surface area (Å²) in [5.41, 5.74) is 2.13. The van der Waals surface area contributed by atoms with E-state index in [2.05, 4.69) is 15.3 Å². The first-order valence-electron chi connectivity index (χ1n) is 10.6. The number of halogens is 3. The lowest BCUT2D eigenvalue weighted by Crippen LogP contribution is -2.30. The summed E-state index contributed by atoms with van der Waals surface area (Å²) in [7, 11) is 0. The Hall–Kier alpha value is -3.72. The van der Waals surface area contributed by atoms with Crippen LogP contribution in [0, 0.1) is 0 Å². The molecule has 1 aromatic carbocycles. The van der Waals surface area contributed by atoms with E-state index in [1.54, 1.807) is 29.2 Å². The molecule has 1 aliphatic rings. The number of pyridine rings is 2. The van der Waals surface area contributed by atoms with E-state index in [4.69, 9.17) is 12.2 Å². The highest BCUT2D eigenvalue weighted by atomic mass is 32.1. The fourth-order valence-corrected chi connectivity index (χ4v) is 4.57. The van der Waals surface area contributed by atoms with Crippen molar-refractivity contribution in [1.82, 2.24) is 24.8 Å². The molecule has 0 radical (unpaired) electrons. The third kappa shape index (κ3) is 4.26. The molecule has 0 spiro atoms. The minimum atomic E-state index is -4.43. The Balaban J connectivity index is 1.60. The molecule has 5 rings (SSSR count). The number of hydrogen-bond donors (Lipinski definition) is 1. The van der Waals surface area contributed by atoms with Gasteiger partial charge < -0.3 is 14.8 Å². The molecule has 2 atom stereocenters. The van der Waals surface area contributed by atoms with Gasteiger partial charge in [-0.05, 0) is 66.8 Å². The van der Waals surface area contributed by atoms with Crippen molar-refractivity contribution in [3.8, 4) is 5.69 Å². The van der Waals surface area contributed by atoms with Crippen LogP contribution < -0.4 is 5.32 Å². The van der Waals surface area contributed by atoms with Crippen LogP contribution in [0.5, 0.6) is 0 Å². The SMILES string of the molecule is FC(F)(F)c1cccc(-n2cccc2C2C(c3ccccn3)NC(=S)N2Cc2ccccn2)c1. The van der Waals surface area contributed by atoms with Crippen LogP contribution in [-0.2, 0) is 12.7 Å². The first-order valence-corrected chi connectivity index (χ1v) is 11.1. The van der Waals surface area contributed by atoms with Gasteiger partial charge in [0.2, 0.25) is 0 Å². The molecule has 4 aromatic rings. The maximum Gasteiger partial charge on any atom is 0.416 e. The molecule has 0 bridgehead atoms. The van der Waals surface area contributed by atoms with Crippen molar-refractivity contribution in [3.63, 3.8) is 0 Å². The van der Waals surface area contributed by atoms with Gasteiger partial charge >= 0.3 is 6.18 Å². The standard InChI is InChI=1S/C25H20F3N5S/c26-25(27,28)17-7-5-9-19(15-17)32-14-6-11-21(32)23-22(20-10-2-4-13-30-20)31-24(34)33(23)16-18-8-1-3-12-29-18/h1-15,22-23H,16H2,(H,31,34). The number of aromatic nitrogens is 3. The Kier molecular flexibility index (Phi) is 5.79. The van der Waals surface area contributed by atoms with Crippen molar-refractivity contribution in [2.75, 3.05) is 0 Å². The molecule has 1 fully saturated rings. The highest BCUT2D eigenvalue weighted by molar-refractivity contribution is 7.80. The van der Waals surface area contributed by atoms with Crippen LogP contribution in [0.2, 0.25) is 0 Å². The Labute approximate surface area is 199 Å². The molecule has 1 N–H and O–H groups in total. The topological polar surface area (TPSA) is 46.0 Å². The molecular weight excluding hydrogens is 459 g/mol. The van der Waals surface area contributed by atoms with Crippen LogP contribution >= 0.6 is 12.2 Å². The molecule has 4 heterocycles. The quantitative estimate of drug-likeness (QED) is 0.385. The minimum Gasteiger partial charge on any atom is -0.352 e. The molecular formula is C25H20F3N5S. The summed E-state index contributed by atoms with van der Waals surface area (Å²) in [6.45, 7) is 0.439. The number of nitrogens with one attached hydrogen (secondary N) is 1. The van der Waals surface area contributed by atoms with Gasteiger partial charge in [0.25, 0.3) is 0 Å². The number of hydrogen-bond acceptors (Lipinski definition) is 3. The fraction of sp³-hybridized carbons (Fsp3) is 0.160. The number of rotatable bonds is 5. The molecule has 0 amide bonds. The molecule has 34 heavy (non-hydrogen) atoms. The zero-order valence-corrected chi connectivity index (χ0v) is 18.7. The summed E-state index contributed by atoms with van der Waals surface area (Å²) in [6.07, 6.45) is 0.769. The van der Waals surface area contributed by atoms with Gasteiger partial charge in [-0.1, -0.05) is 18.2 Å². The zero-order chi connectivity index (χ0) is 23.7. The third-order valence-electron chi connectivity index (χ3n) is 5.79. The first kappa shape index (κ1) is 22.1. The smallest absolute Gasteiger partial charge is 0.352 e. The number of alkyl halides is 3. The second-order valence-corrected chi connectivity index (χ2v) is 8.31. The van der Waals surface area contributed by atoms with E-state index in [-0.39, 0.29) is 12.1 Å². The summed E-state index contributed by atoms with van der Waals surface area (Å²) in [6, 6.07) is 19.7. The maximum absolute atomic E-state index is 13.4. The highest BCUT2D eigenvalue weighted by Gasteiger charge is 2.41. The van der Waals surface area contributed by atoms with Crippen LogP contribution in [0.1, 0.15) is 34.7 Å². The average Bonchev–Trinajstić information content (AvgIpc) is 3.45. The van der Waals surface area contributed by atoms with Gasteiger partial charge in [-0.2, -0.15) is 13.2 Å². The van der Waals surface area contributed by atoms with Crippen molar-refractivity contribution in [1.29, 1.82) is 0 Å². The van der Waals surface area contributed by atoms with Gasteiger partial charge in [-0.15, -0.1) is 0 Å². The van der Waals surface area contributed by atoms with Crippen molar-refractivity contribution in [2.24, 2.45) is 0 Å². The van der Waals surface area contributed by atoms with E-state index >= 15 is 0 Å². The van der Waals surface area contributed by atoms with Crippen molar-refractivity contribution in [3.05, 3.63) is 114 Å². The van der Waals surface area contributed by atoms with Crippen LogP contribution in [0.3, 0.4) is 0 Å². The molecule has 172 valence electrons. The number of nitrogens with zero attached hydrogens (tertiary/aromatic N) is 4. The third-order valence-corrected chi connectivity index (χ3v) is 6.14. The lowest BCUT2D eigenvalue weighted by atomic mass is 10.0. The second kappa shape index (κ2) is 8.90. The summed E-state index contributed by atoms with van der Waals surface area (Å²) in [5.74, 6) is 0. The van der Waals surface area contributed by atoms with E-state index in [1.165, 1.54) is 6.07 Å². The Morgan fingerprint density at radius 2 is 1.71 bits per heavy atom. The van der Waals surface area contributed by atoms with Gasteiger partial charge in [0, 0.05) is 30.0 Å². The number of benzene rings is 1. The zero-order valence-electron chi connectivity index (χ0n) is 17.9. The predicted octanol–water partition coefficient (Wildman–Crippen LogP) is 5.46. The lowest BCUT2D eigenvalue weighted by Gasteiger charge is -2.28. The summed E-state index contributed by atoms with van der Waals surface area (Å²) in [5, 5.41) is 3.90. The molecule has 9 heteroatoms. The summed E-state index contributed by atoms with van der Waals surface area (Å²) in [4.78, 5) is 11.0. The van der Waals surface area contributed by atoms with E-state index in [0.29, 0.717) is 17.3 Å². The fourth-order valence-electron chi connectivity index (χ4n) is 4.27. The van der Waals surface area contributed by atoms with E-state index < -0.39 is 11.7 Å². The molecule has 1 aliphatic heterocycles. The molecule has 3 aromatic heterocycles. The monoisotopic (exact) mass is 479 g/mol. The summed E-state index contributed by atoms with van der Waals surface area (Å²) >= 11 is 5.70. The number of thiocarbonyl (C=S) groups is 1. The van der Waals surface area contributed by atoms with Crippen LogP contribution in [0.15, 0.2) is 91.4 Å². The van der Waals surface area contributed by atoms with E-state index in [9.17, 15) is 13.2 Å². The van der Waals surface area contributed by atoms with Crippen LogP contribution in [0.25, 0.3) is 5.69 Å². The Morgan fingerprint density at radius 1 is 0.912 bits per heavy atom. The predicted molar refractivity (Wildman–Crippen MR) is 126 cm³/mol. The van der Waals surface area contributed by atoms with Crippen molar-refractivity contribution >= 4 is 17.3 Å². The van der Waals surface area contributed by atoms with E-state index in [1.807, 2.05) is 53.4 Å². The minimum absolute atomic E-state index is 0.295. The van der Waals surface area contributed by atoms with Gasteiger partial charge in [-0.25, -0.2) is 0 Å².